The number of hydrogen-bond donors (Lipinski definition) is 0. The van der Waals surface area contributed by atoms with Crippen LogP contribution in [0.15, 0.2) is 170 Å². The second-order valence-electron chi connectivity index (χ2n) is 26.6. The summed E-state index contributed by atoms with van der Waals surface area (Å²) in [6.45, 7) is 28.0. The molecule has 6 heteroatoms. The fourth-order valence-corrected chi connectivity index (χ4v) is 14.0. The van der Waals surface area contributed by atoms with Gasteiger partial charge in [0, 0.05) is 67.0 Å². The summed E-state index contributed by atoms with van der Waals surface area (Å²) in [4.78, 5) is 5.11. The van der Waals surface area contributed by atoms with Crippen molar-refractivity contribution >= 4 is 124 Å². The second kappa shape index (κ2) is 15.0. The van der Waals surface area contributed by atoms with Gasteiger partial charge in [-0.25, -0.2) is 0 Å². The zero-order valence-corrected chi connectivity index (χ0v) is 46.1. The number of anilines is 6. The predicted octanol–water partition coefficient (Wildman–Crippen LogP) is 14.3. The summed E-state index contributed by atoms with van der Waals surface area (Å²) in [6, 6.07) is 66.7. The SMILES string of the molecule is CC(C)(C)c1ccc(N2c3ccc(C(C)(C)C)cc3B3c4ccccc4-n4c5cc6c(cc5c5ccc2c3c54)c2ccc3c4c2n6-c2ccccc2B4c2cc(C(C)(C)C)ccc2N3c2ccc(C(C)(C)C)cc2)cc1. The summed E-state index contributed by atoms with van der Waals surface area (Å²) in [6.07, 6.45) is 0. The molecule has 2 aromatic heterocycles. The van der Waals surface area contributed by atoms with Crippen molar-refractivity contribution in [3.8, 4) is 11.4 Å². The van der Waals surface area contributed by atoms with Gasteiger partial charge >= 0.3 is 0 Å². The molecule has 15 rings (SSSR count). The van der Waals surface area contributed by atoms with Gasteiger partial charge in [0.2, 0.25) is 0 Å². The van der Waals surface area contributed by atoms with Gasteiger partial charge in [-0.3, -0.25) is 0 Å². The van der Waals surface area contributed by atoms with E-state index in [0.29, 0.717) is 0 Å². The molecule has 0 spiro atoms. The lowest BCUT2D eigenvalue weighted by atomic mass is 9.33. The van der Waals surface area contributed by atoms with Crippen LogP contribution in [0.1, 0.15) is 105 Å². The Bertz CT molecular complexity index is 4060. The molecule has 0 amide bonds. The third kappa shape index (κ3) is 6.16. The molecule has 4 aliphatic heterocycles. The first-order valence-corrected chi connectivity index (χ1v) is 27.7. The summed E-state index contributed by atoms with van der Waals surface area (Å²) in [5.41, 5.74) is 28.7. The average Bonchev–Trinajstić information content (AvgIpc) is 4.05. The Hall–Kier alpha value is -7.69. The molecule has 0 unspecified atom stereocenters. The molecule has 0 aliphatic carbocycles. The highest BCUT2D eigenvalue weighted by Crippen LogP contribution is 2.48. The van der Waals surface area contributed by atoms with Crippen LogP contribution in [0.5, 0.6) is 0 Å². The summed E-state index contributed by atoms with van der Waals surface area (Å²) < 4.78 is 5.28. The second-order valence-corrected chi connectivity index (χ2v) is 26.6. The minimum Gasteiger partial charge on any atom is -0.311 e. The van der Waals surface area contributed by atoms with E-state index in [4.69, 9.17) is 0 Å². The van der Waals surface area contributed by atoms with Crippen LogP contribution in [0.2, 0.25) is 0 Å². The average molecular weight is 983 g/mol. The molecule has 0 saturated heterocycles. The molecule has 0 bridgehead atoms. The van der Waals surface area contributed by atoms with E-state index < -0.39 is 0 Å². The minimum absolute atomic E-state index is 0.0124. The number of nitrogens with zero attached hydrogens (tertiary/aromatic N) is 4. The maximum Gasteiger partial charge on any atom is 0.252 e. The van der Waals surface area contributed by atoms with Crippen LogP contribution in [0.25, 0.3) is 55.0 Å². The van der Waals surface area contributed by atoms with Gasteiger partial charge in [-0.05, 0) is 149 Å². The minimum atomic E-state index is -0.0124. The highest BCUT2D eigenvalue weighted by molar-refractivity contribution is 7.01. The molecule has 0 saturated carbocycles. The van der Waals surface area contributed by atoms with Crippen molar-refractivity contribution in [3.63, 3.8) is 0 Å². The number of para-hydroxylation sites is 2. The molecule has 0 atom stereocenters. The van der Waals surface area contributed by atoms with Crippen LogP contribution in [0, 0.1) is 0 Å². The maximum atomic E-state index is 2.64. The summed E-state index contributed by atoms with van der Waals surface area (Å²) >= 11 is 0. The Morgan fingerprint density at radius 1 is 0.289 bits per heavy atom. The van der Waals surface area contributed by atoms with E-state index in [1.54, 1.807) is 0 Å². The van der Waals surface area contributed by atoms with Crippen LogP contribution < -0.4 is 42.6 Å². The number of fused-ring (bicyclic) bond motifs is 16. The van der Waals surface area contributed by atoms with Gasteiger partial charge in [-0.2, -0.15) is 0 Å². The van der Waals surface area contributed by atoms with E-state index in [-0.39, 0.29) is 35.1 Å². The van der Waals surface area contributed by atoms with Crippen LogP contribution >= 0.6 is 0 Å². The number of rotatable bonds is 2. The van der Waals surface area contributed by atoms with E-state index >= 15 is 0 Å². The van der Waals surface area contributed by atoms with Crippen LogP contribution in [-0.2, 0) is 21.7 Å². The monoisotopic (exact) mass is 983 g/mol. The molecule has 4 aliphatic rings. The fraction of sp³-hybridized carbons (Fsp3) is 0.229. The standard InChI is InChI=1S/C70H64B2N4/c1-67(2,3)41-21-27-45(28-22-41)73-57-33-25-43(69(7,8)9)37-53(57)71-51-17-13-15-19-55(51)75-61-40-62-50(39-49(61)47-31-35-59(73)63(71)65(47)75)48-32-36-60-64-66(48)76(62)56-20-16-14-18-52(56)72(64)54-38-44(70(10,11)12)26-34-58(54)74(60)46-29-23-42(24-30-46)68(4,5)6/h13-40H,1-12H3. The van der Waals surface area contributed by atoms with E-state index in [9.17, 15) is 0 Å². The van der Waals surface area contributed by atoms with Gasteiger partial charge in [-0.1, -0.05) is 180 Å². The molecule has 0 fully saturated rings. The van der Waals surface area contributed by atoms with Gasteiger partial charge in [0.05, 0.1) is 22.1 Å². The summed E-state index contributed by atoms with van der Waals surface area (Å²) in [7, 11) is 0. The molecular formula is C70H64B2N4. The maximum absolute atomic E-state index is 2.64. The van der Waals surface area contributed by atoms with E-state index in [1.165, 1.54) is 144 Å². The number of benzene rings is 9. The molecular weight excluding hydrogens is 918 g/mol. The van der Waals surface area contributed by atoms with Gasteiger partial charge in [0.15, 0.2) is 0 Å². The van der Waals surface area contributed by atoms with Crippen LogP contribution in [-0.4, -0.2) is 22.6 Å². The zero-order valence-electron chi connectivity index (χ0n) is 46.1. The lowest BCUT2D eigenvalue weighted by molar-refractivity contribution is 0.590. The number of hydrogen-bond acceptors (Lipinski definition) is 2. The molecule has 76 heavy (non-hydrogen) atoms. The van der Waals surface area contributed by atoms with E-state index in [1.807, 2.05) is 0 Å². The highest BCUT2D eigenvalue weighted by Gasteiger charge is 2.45. The van der Waals surface area contributed by atoms with Crippen LogP contribution in [0.4, 0.5) is 34.1 Å². The van der Waals surface area contributed by atoms with E-state index in [2.05, 4.69) is 272 Å². The largest absolute Gasteiger partial charge is 0.311 e. The first-order valence-electron chi connectivity index (χ1n) is 27.7. The smallest absolute Gasteiger partial charge is 0.252 e. The molecule has 9 aromatic carbocycles. The molecule has 4 nitrogen and oxygen atoms in total. The van der Waals surface area contributed by atoms with Crippen molar-refractivity contribution in [2.45, 2.75) is 105 Å². The van der Waals surface area contributed by atoms with Gasteiger partial charge in [0.25, 0.3) is 13.4 Å². The Balaban J connectivity index is 1.03. The number of aromatic nitrogens is 2. The van der Waals surface area contributed by atoms with Crippen molar-refractivity contribution in [1.29, 1.82) is 0 Å². The molecule has 0 N–H and O–H groups in total. The van der Waals surface area contributed by atoms with Crippen molar-refractivity contribution in [2.75, 3.05) is 9.80 Å². The first kappa shape index (κ1) is 45.7. The highest BCUT2D eigenvalue weighted by atomic mass is 15.2. The Kier molecular flexibility index (Phi) is 9.04. The third-order valence-corrected chi connectivity index (χ3v) is 17.9. The Labute approximate surface area is 448 Å². The quantitative estimate of drug-likeness (QED) is 0.161. The van der Waals surface area contributed by atoms with Crippen molar-refractivity contribution in [3.05, 3.63) is 192 Å². The predicted molar refractivity (Wildman–Crippen MR) is 329 cm³/mol. The lowest BCUT2D eigenvalue weighted by Gasteiger charge is -2.40. The van der Waals surface area contributed by atoms with E-state index in [0.717, 1.165) is 0 Å². The third-order valence-electron chi connectivity index (χ3n) is 17.9. The van der Waals surface area contributed by atoms with Gasteiger partial charge < -0.3 is 18.9 Å². The molecule has 370 valence electrons. The van der Waals surface area contributed by atoms with Crippen molar-refractivity contribution < 1.29 is 0 Å². The topological polar surface area (TPSA) is 16.3 Å². The van der Waals surface area contributed by atoms with Crippen LogP contribution in [0.3, 0.4) is 0 Å². The first-order chi connectivity index (χ1) is 36.3. The lowest BCUT2D eigenvalue weighted by Crippen LogP contribution is -2.60. The van der Waals surface area contributed by atoms with Gasteiger partial charge in [-0.15, -0.1) is 0 Å². The molecule has 11 aromatic rings. The normalized spacial score (nSPS) is 14.5. The zero-order chi connectivity index (χ0) is 52.3. The van der Waals surface area contributed by atoms with Crippen molar-refractivity contribution in [2.24, 2.45) is 0 Å². The Morgan fingerprint density at radius 3 is 1.03 bits per heavy atom. The fourth-order valence-electron chi connectivity index (χ4n) is 14.0. The summed E-state index contributed by atoms with van der Waals surface area (Å²) in [5.74, 6) is 0. The van der Waals surface area contributed by atoms with Crippen molar-refractivity contribution in [1.82, 2.24) is 9.13 Å². The molecule has 0 radical (unpaired) electrons. The summed E-state index contributed by atoms with van der Waals surface area (Å²) in [5, 5.41) is 5.18. The van der Waals surface area contributed by atoms with Gasteiger partial charge in [0.1, 0.15) is 0 Å². The Morgan fingerprint density at radius 2 is 0.645 bits per heavy atom. The molecule has 6 heterocycles.